The highest BCUT2D eigenvalue weighted by Gasteiger charge is 2.49. The number of ether oxygens (including phenoxy) is 3. The molecule has 1 rings (SSSR count). The first-order chi connectivity index (χ1) is 10.1. The molecule has 4 atom stereocenters. The van der Waals surface area contributed by atoms with E-state index in [1.54, 1.807) is 0 Å². The van der Waals surface area contributed by atoms with Crippen LogP contribution in [-0.2, 0) is 19.0 Å². The van der Waals surface area contributed by atoms with Crippen LogP contribution in [0.15, 0.2) is 0 Å². The van der Waals surface area contributed by atoms with Gasteiger partial charge in [0.15, 0.2) is 6.10 Å². The van der Waals surface area contributed by atoms with Crippen molar-refractivity contribution in [3.05, 3.63) is 0 Å². The topological polar surface area (TPSA) is 73.9 Å². The van der Waals surface area contributed by atoms with E-state index >= 15 is 0 Å². The van der Waals surface area contributed by atoms with Crippen molar-refractivity contribution in [1.29, 1.82) is 0 Å². The van der Waals surface area contributed by atoms with Crippen LogP contribution in [0.1, 0.15) is 34.6 Å². The maximum absolute atomic E-state index is 12.1. The van der Waals surface area contributed by atoms with E-state index in [9.17, 15) is 9.59 Å². The molecule has 0 unspecified atom stereocenters. The van der Waals surface area contributed by atoms with Gasteiger partial charge >= 0.3 is 12.1 Å². The van der Waals surface area contributed by atoms with Crippen molar-refractivity contribution >= 4 is 34.7 Å². The number of methoxy groups -OCH3 is 1. The van der Waals surface area contributed by atoms with Crippen molar-refractivity contribution < 1.29 is 23.8 Å². The first-order valence-corrected chi connectivity index (χ1v) is 8.92. The van der Waals surface area contributed by atoms with Gasteiger partial charge < -0.3 is 19.5 Å². The number of alkyl halides is 1. The lowest BCUT2D eigenvalue weighted by Crippen LogP contribution is -2.51. The Kier molecular flexibility index (Phi) is 6.91. The number of nitrogens with one attached hydrogen (secondary N) is 1. The molecule has 6 nitrogen and oxygen atoms in total. The Labute approximate surface area is 145 Å². The summed E-state index contributed by atoms with van der Waals surface area (Å²) < 4.78 is 16.7. The molecule has 128 valence electrons. The standard InChI is InChI=1S/C15H26INO5/c1-8(2)11(17-14(19)22-15(3,4)5)10-9(7-16)21-13(18)12(10)20-6/h8-12H,7H2,1-6H3,(H,17,19)/t9-,10+,11-,12+/m0/s1. The molecule has 1 amide bonds. The summed E-state index contributed by atoms with van der Waals surface area (Å²) in [6.45, 7) is 9.41. The number of amides is 1. The molecule has 22 heavy (non-hydrogen) atoms. The first-order valence-electron chi connectivity index (χ1n) is 7.39. The minimum atomic E-state index is -0.665. The second-order valence-corrected chi connectivity index (χ2v) is 7.66. The minimum absolute atomic E-state index is 0.107. The fourth-order valence-corrected chi connectivity index (χ4v) is 3.37. The smallest absolute Gasteiger partial charge is 0.407 e. The SMILES string of the molecule is CO[C@H]1C(=O)O[C@@H](CI)[C@@H]1[C@@H](NC(=O)OC(C)(C)C)C(C)C. The van der Waals surface area contributed by atoms with Crippen molar-refractivity contribution in [3.8, 4) is 0 Å². The third-order valence-electron chi connectivity index (χ3n) is 3.50. The van der Waals surface area contributed by atoms with Crippen LogP contribution in [0.4, 0.5) is 4.79 Å². The van der Waals surface area contributed by atoms with Gasteiger partial charge in [0.25, 0.3) is 0 Å². The number of alkyl carbamates (subject to hydrolysis) is 1. The molecular formula is C15H26INO5. The van der Waals surface area contributed by atoms with Gasteiger partial charge in [-0.15, -0.1) is 0 Å². The Hall–Kier alpha value is -0.570. The van der Waals surface area contributed by atoms with Crippen molar-refractivity contribution in [2.24, 2.45) is 11.8 Å². The number of halogens is 1. The van der Waals surface area contributed by atoms with Crippen LogP contribution < -0.4 is 5.32 Å². The van der Waals surface area contributed by atoms with Gasteiger partial charge in [0, 0.05) is 17.6 Å². The monoisotopic (exact) mass is 427 g/mol. The first kappa shape index (κ1) is 19.5. The van der Waals surface area contributed by atoms with Gasteiger partial charge in [-0.2, -0.15) is 0 Å². The summed E-state index contributed by atoms with van der Waals surface area (Å²) in [5, 5.41) is 2.89. The largest absolute Gasteiger partial charge is 0.459 e. The van der Waals surface area contributed by atoms with Gasteiger partial charge in [-0.1, -0.05) is 36.4 Å². The molecule has 7 heteroatoms. The zero-order chi connectivity index (χ0) is 17.1. The van der Waals surface area contributed by atoms with Crippen molar-refractivity contribution in [3.63, 3.8) is 0 Å². The molecule has 0 bridgehead atoms. The van der Waals surface area contributed by atoms with Crippen molar-refractivity contribution in [2.75, 3.05) is 11.5 Å². The van der Waals surface area contributed by atoms with Crippen LogP contribution in [-0.4, -0.2) is 47.5 Å². The second-order valence-electron chi connectivity index (χ2n) is 6.78. The summed E-state index contributed by atoms with van der Waals surface area (Å²) in [6.07, 6.45) is -1.44. The van der Waals surface area contributed by atoms with Crippen LogP contribution >= 0.6 is 22.6 Å². The van der Waals surface area contributed by atoms with E-state index in [0.29, 0.717) is 4.43 Å². The maximum Gasteiger partial charge on any atom is 0.407 e. The van der Waals surface area contributed by atoms with Crippen LogP contribution in [0.2, 0.25) is 0 Å². The fraction of sp³-hybridized carbons (Fsp3) is 0.867. The molecule has 0 aromatic carbocycles. The summed E-state index contributed by atoms with van der Waals surface area (Å²) in [5.41, 5.74) is -0.572. The number of cyclic esters (lactones) is 1. The summed E-state index contributed by atoms with van der Waals surface area (Å²) in [7, 11) is 1.49. The molecule has 1 saturated heterocycles. The summed E-state index contributed by atoms with van der Waals surface area (Å²) in [6, 6.07) is -0.272. The summed E-state index contributed by atoms with van der Waals surface area (Å²) in [5.74, 6) is -0.497. The highest BCUT2D eigenvalue weighted by molar-refractivity contribution is 14.1. The second kappa shape index (κ2) is 7.81. The van der Waals surface area contributed by atoms with Gasteiger partial charge in [0.2, 0.25) is 0 Å². The van der Waals surface area contributed by atoms with Crippen LogP contribution in [0.3, 0.4) is 0 Å². The zero-order valence-corrected chi connectivity index (χ0v) is 16.2. The van der Waals surface area contributed by atoms with Gasteiger partial charge in [0.05, 0.1) is 5.92 Å². The van der Waals surface area contributed by atoms with E-state index in [4.69, 9.17) is 14.2 Å². The highest BCUT2D eigenvalue weighted by Crippen LogP contribution is 2.32. The van der Waals surface area contributed by atoms with Crippen LogP contribution in [0, 0.1) is 11.8 Å². The lowest BCUT2D eigenvalue weighted by molar-refractivity contribution is -0.148. The van der Waals surface area contributed by atoms with E-state index in [1.165, 1.54) is 7.11 Å². The Morgan fingerprint density at radius 3 is 2.41 bits per heavy atom. The molecule has 1 aliphatic rings. The van der Waals surface area contributed by atoms with E-state index in [0.717, 1.165) is 0 Å². The number of carbonyl (C=O) groups is 2. The Morgan fingerprint density at radius 1 is 1.41 bits per heavy atom. The molecule has 1 N–H and O–H groups in total. The molecule has 0 saturated carbocycles. The Morgan fingerprint density at radius 2 is 2.00 bits per heavy atom. The van der Waals surface area contributed by atoms with E-state index < -0.39 is 17.8 Å². The zero-order valence-electron chi connectivity index (χ0n) is 14.0. The minimum Gasteiger partial charge on any atom is -0.459 e. The Bertz CT molecular complexity index is 407. The van der Waals surface area contributed by atoms with Crippen molar-refractivity contribution in [2.45, 2.75) is 58.5 Å². The lowest BCUT2D eigenvalue weighted by Gasteiger charge is -2.32. The quantitative estimate of drug-likeness (QED) is 0.415. The molecule has 0 aliphatic carbocycles. The molecule has 0 aromatic rings. The molecular weight excluding hydrogens is 401 g/mol. The predicted molar refractivity (Wildman–Crippen MR) is 91.0 cm³/mol. The summed E-state index contributed by atoms with van der Waals surface area (Å²) in [4.78, 5) is 24.0. The fourth-order valence-electron chi connectivity index (χ4n) is 2.61. The van der Waals surface area contributed by atoms with Crippen molar-refractivity contribution in [1.82, 2.24) is 5.32 Å². The van der Waals surface area contributed by atoms with Gasteiger partial charge in [-0.25, -0.2) is 9.59 Å². The third kappa shape index (κ3) is 4.97. The van der Waals surface area contributed by atoms with E-state index in [-0.39, 0.29) is 30.0 Å². The lowest BCUT2D eigenvalue weighted by atomic mass is 9.84. The average Bonchev–Trinajstić information content (AvgIpc) is 2.69. The molecule has 0 spiro atoms. The third-order valence-corrected chi connectivity index (χ3v) is 4.37. The number of rotatable bonds is 5. The van der Waals surface area contributed by atoms with Crippen LogP contribution in [0.5, 0.6) is 0 Å². The predicted octanol–water partition coefficient (Wildman–Crippen LogP) is 2.53. The van der Waals surface area contributed by atoms with Gasteiger partial charge in [-0.3, -0.25) is 0 Å². The Balaban J connectivity index is 2.93. The normalized spacial score (nSPS) is 26.7. The average molecular weight is 427 g/mol. The number of hydrogen-bond acceptors (Lipinski definition) is 5. The summed E-state index contributed by atoms with van der Waals surface area (Å²) >= 11 is 2.18. The number of esters is 1. The molecule has 1 aliphatic heterocycles. The molecule has 0 aromatic heterocycles. The van der Waals surface area contributed by atoms with E-state index in [1.807, 2.05) is 34.6 Å². The molecule has 1 heterocycles. The van der Waals surface area contributed by atoms with Gasteiger partial charge in [0.1, 0.15) is 11.7 Å². The number of carbonyl (C=O) groups excluding carboxylic acids is 2. The van der Waals surface area contributed by atoms with E-state index in [2.05, 4.69) is 27.9 Å². The molecule has 1 fully saturated rings. The van der Waals surface area contributed by atoms with Gasteiger partial charge in [-0.05, 0) is 26.7 Å². The number of hydrogen-bond donors (Lipinski definition) is 1. The van der Waals surface area contributed by atoms with Crippen LogP contribution in [0.25, 0.3) is 0 Å². The maximum atomic E-state index is 12.1. The highest BCUT2D eigenvalue weighted by atomic mass is 127. The molecule has 0 radical (unpaired) electrons.